The van der Waals surface area contributed by atoms with Crippen molar-refractivity contribution in [3.63, 3.8) is 0 Å². The van der Waals surface area contributed by atoms with E-state index in [9.17, 15) is 5.11 Å². The van der Waals surface area contributed by atoms with Gasteiger partial charge >= 0.3 is 0 Å². The van der Waals surface area contributed by atoms with E-state index in [1.165, 1.54) is 12.8 Å². The Kier molecular flexibility index (Phi) is 1.46. The third kappa shape index (κ3) is 0.722. The maximum absolute atomic E-state index is 9.52. The van der Waals surface area contributed by atoms with Crippen LogP contribution in [-0.2, 0) is 0 Å². The van der Waals surface area contributed by atoms with Gasteiger partial charge in [0, 0.05) is 12.5 Å². The third-order valence-corrected chi connectivity index (χ3v) is 3.25. The van der Waals surface area contributed by atoms with Crippen LogP contribution in [0.1, 0.15) is 19.3 Å². The zero-order valence-corrected chi connectivity index (χ0v) is 6.03. The minimum atomic E-state index is -0.191. The highest BCUT2D eigenvalue weighted by molar-refractivity contribution is 4.96. The van der Waals surface area contributed by atoms with Gasteiger partial charge in [0.1, 0.15) is 0 Å². The van der Waals surface area contributed by atoms with Gasteiger partial charge in [0.25, 0.3) is 0 Å². The quantitative estimate of drug-likeness (QED) is 0.556. The number of fused-ring (bicyclic) bond motifs is 2. The molecule has 0 aliphatic heterocycles. The van der Waals surface area contributed by atoms with Crippen LogP contribution in [0, 0.1) is 17.8 Å². The summed E-state index contributed by atoms with van der Waals surface area (Å²) in [7, 11) is 0. The normalized spacial score (nSPS) is 52.2. The lowest BCUT2D eigenvalue weighted by Crippen LogP contribution is -2.29. The van der Waals surface area contributed by atoms with Crippen molar-refractivity contribution >= 4 is 0 Å². The van der Waals surface area contributed by atoms with E-state index in [1.807, 2.05) is 0 Å². The van der Waals surface area contributed by atoms with Gasteiger partial charge in [-0.1, -0.05) is 0 Å². The molecule has 2 saturated carbocycles. The van der Waals surface area contributed by atoms with E-state index in [0.29, 0.717) is 11.8 Å². The highest BCUT2D eigenvalue weighted by atomic mass is 16.3. The zero-order valence-electron chi connectivity index (χ0n) is 6.03. The Balaban J connectivity index is 2.10. The predicted octanol–water partition coefficient (Wildman–Crippen LogP) is 0.386. The molecule has 0 spiro atoms. The maximum atomic E-state index is 9.52. The summed E-state index contributed by atoms with van der Waals surface area (Å²) in [4.78, 5) is 0. The van der Waals surface area contributed by atoms with Gasteiger partial charge in [-0.25, -0.2) is 0 Å². The molecule has 2 heteroatoms. The van der Waals surface area contributed by atoms with Crippen molar-refractivity contribution < 1.29 is 10.2 Å². The monoisotopic (exact) mass is 142 g/mol. The van der Waals surface area contributed by atoms with Crippen molar-refractivity contribution in [2.24, 2.45) is 17.8 Å². The predicted molar refractivity (Wildman–Crippen MR) is 37.4 cm³/mol. The van der Waals surface area contributed by atoms with Crippen molar-refractivity contribution in [3.05, 3.63) is 0 Å². The fourth-order valence-corrected chi connectivity index (χ4v) is 2.64. The summed E-state index contributed by atoms with van der Waals surface area (Å²) < 4.78 is 0. The fraction of sp³-hybridized carbons (Fsp3) is 1.00. The van der Waals surface area contributed by atoms with Crippen LogP contribution in [-0.4, -0.2) is 22.9 Å². The average molecular weight is 142 g/mol. The minimum absolute atomic E-state index is 0.183. The van der Waals surface area contributed by atoms with E-state index in [2.05, 4.69) is 0 Å². The SMILES string of the molecule is OC[C@H]1C2CCC(C2)[C@H]1O. The van der Waals surface area contributed by atoms with Crippen LogP contribution in [0.25, 0.3) is 0 Å². The molecular formula is C8H14O2. The first-order valence-electron chi connectivity index (χ1n) is 4.12. The van der Waals surface area contributed by atoms with Crippen LogP contribution in [0.15, 0.2) is 0 Å². The maximum Gasteiger partial charge on any atom is 0.0621 e. The smallest absolute Gasteiger partial charge is 0.0621 e. The van der Waals surface area contributed by atoms with Crippen LogP contribution in [0.3, 0.4) is 0 Å². The van der Waals surface area contributed by atoms with Gasteiger partial charge in [-0.3, -0.25) is 0 Å². The van der Waals surface area contributed by atoms with Crippen LogP contribution >= 0.6 is 0 Å². The Morgan fingerprint density at radius 3 is 2.30 bits per heavy atom. The second kappa shape index (κ2) is 2.21. The molecule has 10 heavy (non-hydrogen) atoms. The number of rotatable bonds is 1. The van der Waals surface area contributed by atoms with Gasteiger partial charge in [0.05, 0.1) is 6.10 Å². The first kappa shape index (κ1) is 6.62. The molecule has 2 bridgehead atoms. The van der Waals surface area contributed by atoms with Crippen molar-refractivity contribution in [1.82, 2.24) is 0 Å². The standard InChI is InChI=1S/C8H14O2/c9-4-7-5-1-2-6(3-5)8(7)10/h5-10H,1-4H2/t5?,6?,7-,8+/m0/s1. The summed E-state index contributed by atoms with van der Waals surface area (Å²) >= 11 is 0. The Hall–Kier alpha value is -0.0800. The van der Waals surface area contributed by atoms with Crippen LogP contribution < -0.4 is 0 Å². The topological polar surface area (TPSA) is 40.5 Å². The molecule has 2 aliphatic rings. The summed E-state index contributed by atoms with van der Waals surface area (Å²) in [6.45, 7) is 0.183. The molecular weight excluding hydrogens is 128 g/mol. The summed E-state index contributed by atoms with van der Waals surface area (Å²) in [5.74, 6) is 1.35. The molecule has 2 fully saturated rings. The summed E-state index contributed by atoms with van der Waals surface area (Å²) in [5.41, 5.74) is 0. The lowest BCUT2D eigenvalue weighted by atomic mass is 9.87. The molecule has 0 heterocycles. The molecule has 2 unspecified atom stereocenters. The second-order valence-corrected chi connectivity index (χ2v) is 3.67. The third-order valence-electron chi connectivity index (χ3n) is 3.25. The van der Waals surface area contributed by atoms with Crippen LogP contribution in [0.4, 0.5) is 0 Å². The van der Waals surface area contributed by atoms with E-state index >= 15 is 0 Å². The molecule has 58 valence electrons. The lowest BCUT2D eigenvalue weighted by molar-refractivity contribution is 0.0276. The molecule has 0 saturated heterocycles. The molecule has 0 radical (unpaired) electrons. The molecule has 0 aromatic rings. The number of hydrogen-bond acceptors (Lipinski definition) is 2. The average Bonchev–Trinajstić information content (AvgIpc) is 2.46. The van der Waals surface area contributed by atoms with E-state index in [4.69, 9.17) is 5.11 Å². The lowest BCUT2D eigenvalue weighted by Gasteiger charge is -2.24. The largest absolute Gasteiger partial charge is 0.396 e. The molecule has 2 aliphatic carbocycles. The molecule has 4 atom stereocenters. The van der Waals surface area contributed by atoms with E-state index in [1.54, 1.807) is 0 Å². The van der Waals surface area contributed by atoms with Gasteiger partial charge in [-0.2, -0.15) is 0 Å². The van der Waals surface area contributed by atoms with Gasteiger partial charge in [0.15, 0.2) is 0 Å². The van der Waals surface area contributed by atoms with Crippen molar-refractivity contribution in [1.29, 1.82) is 0 Å². The number of hydrogen-bond donors (Lipinski definition) is 2. The highest BCUT2D eigenvalue weighted by Crippen LogP contribution is 2.48. The molecule has 2 N–H and O–H groups in total. The fourth-order valence-electron chi connectivity index (χ4n) is 2.64. The first-order chi connectivity index (χ1) is 4.83. The highest BCUT2D eigenvalue weighted by Gasteiger charge is 2.46. The Bertz CT molecular complexity index is 133. The minimum Gasteiger partial charge on any atom is -0.396 e. The molecule has 0 aromatic carbocycles. The van der Waals surface area contributed by atoms with Crippen LogP contribution in [0.2, 0.25) is 0 Å². The summed E-state index contributed by atoms with van der Waals surface area (Å²) in [6, 6.07) is 0. The second-order valence-electron chi connectivity index (χ2n) is 3.67. The van der Waals surface area contributed by atoms with Gasteiger partial charge in [0.2, 0.25) is 0 Å². The Morgan fingerprint density at radius 1 is 1.20 bits per heavy atom. The van der Waals surface area contributed by atoms with Crippen molar-refractivity contribution in [2.75, 3.05) is 6.61 Å². The number of aliphatic hydroxyl groups excluding tert-OH is 2. The van der Waals surface area contributed by atoms with Gasteiger partial charge in [-0.15, -0.1) is 0 Å². The zero-order chi connectivity index (χ0) is 7.14. The van der Waals surface area contributed by atoms with E-state index in [-0.39, 0.29) is 18.6 Å². The van der Waals surface area contributed by atoms with Gasteiger partial charge < -0.3 is 10.2 Å². The summed E-state index contributed by atoms with van der Waals surface area (Å²) in [6.07, 6.45) is 3.38. The first-order valence-corrected chi connectivity index (χ1v) is 4.12. The van der Waals surface area contributed by atoms with E-state index in [0.717, 1.165) is 6.42 Å². The Labute approximate surface area is 60.9 Å². The molecule has 0 amide bonds. The van der Waals surface area contributed by atoms with Crippen LogP contribution in [0.5, 0.6) is 0 Å². The van der Waals surface area contributed by atoms with E-state index < -0.39 is 0 Å². The number of aliphatic hydroxyl groups is 2. The molecule has 2 nitrogen and oxygen atoms in total. The summed E-state index contributed by atoms with van der Waals surface area (Å²) in [5, 5.41) is 18.4. The van der Waals surface area contributed by atoms with Crippen molar-refractivity contribution in [3.8, 4) is 0 Å². The Morgan fingerprint density at radius 2 is 1.90 bits per heavy atom. The molecule has 0 aromatic heterocycles. The molecule has 2 rings (SSSR count). The van der Waals surface area contributed by atoms with Gasteiger partial charge in [-0.05, 0) is 31.1 Å². The van der Waals surface area contributed by atoms with Crippen molar-refractivity contribution in [2.45, 2.75) is 25.4 Å².